The van der Waals surface area contributed by atoms with Gasteiger partial charge in [-0.05, 0) is 36.4 Å². The first kappa shape index (κ1) is 15.9. The second-order valence-corrected chi connectivity index (χ2v) is 7.31. The Kier molecular flexibility index (Phi) is 4.35. The Morgan fingerprint density at radius 2 is 1.87 bits per heavy atom. The molecule has 2 N–H and O–H groups in total. The highest BCUT2D eigenvalue weighted by Crippen LogP contribution is 2.26. The van der Waals surface area contributed by atoms with E-state index in [4.69, 9.17) is 0 Å². The lowest BCUT2D eigenvalue weighted by Gasteiger charge is -2.23. The van der Waals surface area contributed by atoms with Gasteiger partial charge in [-0.2, -0.15) is 0 Å². The van der Waals surface area contributed by atoms with E-state index >= 15 is 0 Å². The van der Waals surface area contributed by atoms with Gasteiger partial charge in [0.15, 0.2) is 0 Å². The number of benzene rings is 1. The average molecular weight is 310 g/mol. The summed E-state index contributed by atoms with van der Waals surface area (Å²) in [6.07, 6.45) is 2.64. The molecule has 0 saturated heterocycles. The predicted octanol–water partition coefficient (Wildman–Crippen LogP) is 3.59. The van der Waals surface area contributed by atoms with Gasteiger partial charge in [0, 0.05) is 18.2 Å². The molecule has 122 valence electrons. The Labute approximate surface area is 138 Å². The molecule has 0 amide bonds. The highest BCUT2D eigenvalue weighted by atomic mass is 15.1. The minimum absolute atomic E-state index is 0.188. The third-order valence-electron chi connectivity index (χ3n) is 4.51. The van der Waals surface area contributed by atoms with Crippen molar-refractivity contribution in [1.82, 2.24) is 15.3 Å². The molecule has 23 heavy (non-hydrogen) atoms. The fraction of sp³-hybridized carbons (Fsp3) is 0.474. The molecule has 0 fully saturated rings. The van der Waals surface area contributed by atoms with E-state index in [1.54, 1.807) is 6.33 Å². The van der Waals surface area contributed by atoms with Crippen molar-refractivity contribution in [2.45, 2.75) is 52.1 Å². The summed E-state index contributed by atoms with van der Waals surface area (Å²) in [7, 11) is 0. The third-order valence-corrected chi connectivity index (χ3v) is 4.51. The highest BCUT2D eigenvalue weighted by Gasteiger charge is 2.18. The molecule has 4 nitrogen and oxygen atoms in total. The molecule has 0 spiro atoms. The lowest BCUT2D eigenvalue weighted by atomic mass is 9.86. The summed E-state index contributed by atoms with van der Waals surface area (Å²) in [5.74, 6) is 0.976. The maximum Gasteiger partial charge on any atom is 0.133 e. The van der Waals surface area contributed by atoms with Crippen molar-refractivity contribution >= 4 is 5.82 Å². The Balaban J connectivity index is 1.78. The fourth-order valence-electron chi connectivity index (χ4n) is 2.97. The summed E-state index contributed by atoms with van der Waals surface area (Å²) in [6.45, 7) is 10.7. The molecule has 1 aliphatic rings. The van der Waals surface area contributed by atoms with E-state index in [2.05, 4.69) is 72.6 Å². The number of hydrogen-bond donors (Lipinski definition) is 2. The number of anilines is 1. The molecule has 0 saturated carbocycles. The van der Waals surface area contributed by atoms with Crippen molar-refractivity contribution in [3.63, 3.8) is 0 Å². The van der Waals surface area contributed by atoms with Gasteiger partial charge in [0.25, 0.3) is 0 Å². The van der Waals surface area contributed by atoms with Gasteiger partial charge >= 0.3 is 0 Å². The summed E-state index contributed by atoms with van der Waals surface area (Å²) in [5, 5.41) is 6.92. The van der Waals surface area contributed by atoms with Crippen LogP contribution >= 0.6 is 0 Å². The second-order valence-electron chi connectivity index (χ2n) is 7.31. The second kappa shape index (κ2) is 6.28. The molecule has 2 aromatic rings. The summed E-state index contributed by atoms with van der Waals surface area (Å²) in [6, 6.07) is 9.11. The van der Waals surface area contributed by atoms with Crippen LogP contribution in [0.2, 0.25) is 0 Å². The first-order valence-corrected chi connectivity index (χ1v) is 8.35. The SMILES string of the molecule is CC(Nc1ncnc2c1CCNC2)c1ccc(C(C)(C)C)cc1. The van der Waals surface area contributed by atoms with E-state index in [0.29, 0.717) is 0 Å². The molecule has 0 bridgehead atoms. The highest BCUT2D eigenvalue weighted by molar-refractivity contribution is 5.49. The van der Waals surface area contributed by atoms with Crippen LogP contribution in [0.15, 0.2) is 30.6 Å². The fourth-order valence-corrected chi connectivity index (χ4v) is 2.97. The molecule has 1 aliphatic heterocycles. The van der Waals surface area contributed by atoms with E-state index in [1.165, 1.54) is 16.7 Å². The molecule has 1 aromatic carbocycles. The smallest absolute Gasteiger partial charge is 0.133 e. The molecule has 1 unspecified atom stereocenters. The van der Waals surface area contributed by atoms with Crippen LogP contribution in [0.5, 0.6) is 0 Å². The van der Waals surface area contributed by atoms with E-state index in [9.17, 15) is 0 Å². The third kappa shape index (κ3) is 3.53. The maximum absolute atomic E-state index is 4.46. The molecule has 3 rings (SSSR count). The van der Waals surface area contributed by atoms with Crippen molar-refractivity contribution in [2.75, 3.05) is 11.9 Å². The lowest BCUT2D eigenvalue weighted by molar-refractivity contribution is 0.589. The van der Waals surface area contributed by atoms with Crippen molar-refractivity contribution in [1.29, 1.82) is 0 Å². The van der Waals surface area contributed by atoms with E-state index in [-0.39, 0.29) is 11.5 Å². The van der Waals surface area contributed by atoms with Gasteiger partial charge in [0.2, 0.25) is 0 Å². The summed E-state index contributed by atoms with van der Waals surface area (Å²) < 4.78 is 0. The Hall–Kier alpha value is -1.94. The molecule has 1 atom stereocenters. The Morgan fingerprint density at radius 1 is 1.13 bits per heavy atom. The minimum atomic E-state index is 0.188. The summed E-state index contributed by atoms with van der Waals surface area (Å²) in [5.41, 5.74) is 5.19. The molecular weight excluding hydrogens is 284 g/mol. The van der Waals surface area contributed by atoms with Crippen LogP contribution in [0, 0.1) is 0 Å². The topological polar surface area (TPSA) is 49.8 Å². The minimum Gasteiger partial charge on any atom is -0.363 e. The van der Waals surface area contributed by atoms with Crippen molar-refractivity contribution in [3.8, 4) is 0 Å². The van der Waals surface area contributed by atoms with Crippen LogP contribution in [0.1, 0.15) is 56.1 Å². The molecule has 1 aromatic heterocycles. The van der Waals surface area contributed by atoms with E-state index in [1.807, 2.05) is 0 Å². The van der Waals surface area contributed by atoms with Crippen molar-refractivity contribution in [3.05, 3.63) is 53.0 Å². The number of nitrogens with zero attached hydrogens (tertiary/aromatic N) is 2. The predicted molar refractivity (Wildman–Crippen MR) is 94.6 cm³/mol. The monoisotopic (exact) mass is 310 g/mol. The van der Waals surface area contributed by atoms with Gasteiger partial charge in [-0.3, -0.25) is 0 Å². The van der Waals surface area contributed by atoms with Gasteiger partial charge in [-0.1, -0.05) is 45.0 Å². The average Bonchev–Trinajstić information content (AvgIpc) is 2.54. The van der Waals surface area contributed by atoms with Crippen molar-refractivity contribution < 1.29 is 0 Å². The zero-order chi connectivity index (χ0) is 16.4. The molecule has 0 radical (unpaired) electrons. The first-order chi connectivity index (χ1) is 10.9. The number of fused-ring (bicyclic) bond motifs is 1. The normalized spacial score (nSPS) is 15.8. The first-order valence-electron chi connectivity index (χ1n) is 8.35. The Morgan fingerprint density at radius 3 is 2.57 bits per heavy atom. The molecular formula is C19H26N4. The van der Waals surface area contributed by atoms with Gasteiger partial charge in [-0.15, -0.1) is 0 Å². The van der Waals surface area contributed by atoms with Crippen LogP contribution < -0.4 is 10.6 Å². The maximum atomic E-state index is 4.46. The molecule has 4 heteroatoms. The standard InChI is InChI=1S/C19H26N4/c1-13(14-5-7-15(8-6-14)19(2,3)4)23-18-16-9-10-20-11-17(16)21-12-22-18/h5-8,12-13,20H,9-11H2,1-4H3,(H,21,22,23). The largest absolute Gasteiger partial charge is 0.363 e. The lowest BCUT2D eigenvalue weighted by Crippen LogP contribution is -2.26. The molecule has 0 aliphatic carbocycles. The van der Waals surface area contributed by atoms with Gasteiger partial charge in [0.1, 0.15) is 12.1 Å². The van der Waals surface area contributed by atoms with Crippen LogP contribution in [0.3, 0.4) is 0 Å². The van der Waals surface area contributed by atoms with E-state index in [0.717, 1.165) is 31.0 Å². The van der Waals surface area contributed by atoms with Gasteiger partial charge < -0.3 is 10.6 Å². The number of aromatic nitrogens is 2. The zero-order valence-corrected chi connectivity index (χ0v) is 14.5. The summed E-state index contributed by atoms with van der Waals surface area (Å²) in [4.78, 5) is 8.85. The van der Waals surface area contributed by atoms with Crippen LogP contribution in [-0.4, -0.2) is 16.5 Å². The number of hydrogen-bond acceptors (Lipinski definition) is 4. The number of rotatable bonds is 3. The number of nitrogens with one attached hydrogen (secondary N) is 2. The zero-order valence-electron chi connectivity index (χ0n) is 14.5. The Bertz CT molecular complexity index is 671. The van der Waals surface area contributed by atoms with E-state index < -0.39 is 0 Å². The van der Waals surface area contributed by atoms with Crippen LogP contribution in [-0.2, 0) is 18.4 Å². The van der Waals surface area contributed by atoms with Gasteiger partial charge in [-0.25, -0.2) is 9.97 Å². The van der Waals surface area contributed by atoms with Gasteiger partial charge in [0.05, 0.1) is 5.69 Å². The summed E-state index contributed by atoms with van der Waals surface area (Å²) >= 11 is 0. The molecule has 2 heterocycles. The quantitative estimate of drug-likeness (QED) is 0.909. The van der Waals surface area contributed by atoms with Crippen molar-refractivity contribution in [2.24, 2.45) is 0 Å². The van der Waals surface area contributed by atoms with Crippen LogP contribution in [0.4, 0.5) is 5.82 Å². The van der Waals surface area contributed by atoms with Crippen LogP contribution in [0.25, 0.3) is 0 Å².